The minimum atomic E-state index is -3.81. The Bertz CT molecular complexity index is 1060. The van der Waals surface area contributed by atoms with Gasteiger partial charge in [-0.2, -0.15) is 4.98 Å². The molecule has 9 heteroatoms. The lowest BCUT2D eigenvalue weighted by molar-refractivity contribution is 0.142. The molecule has 0 bridgehead atoms. The Labute approximate surface area is 189 Å². The standard InChI is InChI=1S/C21H25FN4O3S.C2H6/c1-3-16(10-9-15(2)22)20-24-21(29-18-7-5-4-6-8-18)25-26(20)17-11-13-19(14-12-17)30(23,27)28;1-2/h3,9-14,18H,1,4-8H2,2H3,(H2,23,27,28);1-2H3/b15-9+,16-10+;. The average molecular weight is 463 g/mol. The number of ether oxygens (including phenoxy) is 1. The molecule has 0 saturated heterocycles. The van der Waals surface area contributed by atoms with Crippen molar-refractivity contribution in [3.8, 4) is 11.7 Å². The zero-order valence-electron chi connectivity index (χ0n) is 18.8. The van der Waals surface area contributed by atoms with Gasteiger partial charge in [-0.25, -0.2) is 22.6 Å². The molecule has 0 radical (unpaired) electrons. The van der Waals surface area contributed by atoms with Crippen LogP contribution in [0.5, 0.6) is 6.01 Å². The van der Waals surface area contributed by atoms with Gasteiger partial charge in [-0.05, 0) is 69.0 Å². The van der Waals surface area contributed by atoms with Gasteiger partial charge in [-0.15, -0.1) is 5.10 Å². The zero-order chi connectivity index (χ0) is 23.7. The van der Waals surface area contributed by atoms with Crippen LogP contribution in [0.2, 0.25) is 0 Å². The van der Waals surface area contributed by atoms with Gasteiger partial charge in [0.1, 0.15) is 6.10 Å². The first-order valence-corrected chi connectivity index (χ1v) is 12.3. The highest BCUT2D eigenvalue weighted by atomic mass is 32.2. The molecule has 1 saturated carbocycles. The normalized spacial score (nSPS) is 15.7. The molecule has 0 spiro atoms. The Morgan fingerprint density at radius 1 is 1.19 bits per heavy atom. The SMILES string of the molecule is C=C/C(=C\C=C(/C)F)c1nc(OC2CCCCC2)nn1-c1ccc(S(N)(=O)=O)cc1.CC. The largest absolute Gasteiger partial charge is 0.459 e. The Morgan fingerprint density at radius 3 is 2.34 bits per heavy atom. The molecule has 174 valence electrons. The Morgan fingerprint density at radius 2 is 1.81 bits per heavy atom. The Kier molecular flexibility index (Phi) is 9.34. The molecule has 0 atom stereocenters. The maximum atomic E-state index is 13.3. The summed E-state index contributed by atoms with van der Waals surface area (Å²) in [6.45, 7) is 9.12. The molecule has 1 aliphatic carbocycles. The molecular formula is C23H31FN4O3S. The lowest BCUT2D eigenvalue weighted by atomic mass is 9.98. The summed E-state index contributed by atoms with van der Waals surface area (Å²) in [5.74, 6) is 0.0354. The summed E-state index contributed by atoms with van der Waals surface area (Å²) in [5, 5.41) is 9.64. The van der Waals surface area contributed by atoms with Crippen LogP contribution < -0.4 is 9.88 Å². The second-order valence-electron chi connectivity index (χ2n) is 7.13. The quantitative estimate of drug-likeness (QED) is 0.577. The summed E-state index contributed by atoms with van der Waals surface area (Å²) in [6.07, 6.45) is 9.74. The van der Waals surface area contributed by atoms with Crippen molar-refractivity contribution in [1.82, 2.24) is 14.8 Å². The van der Waals surface area contributed by atoms with E-state index in [0.717, 1.165) is 25.7 Å². The molecule has 0 amide bonds. The third-order valence-corrected chi connectivity index (χ3v) is 5.72. The van der Waals surface area contributed by atoms with E-state index < -0.39 is 10.0 Å². The number of hydrogen-bond donors (Lipinski definition) is 1. The third kappa shape index (κ3) is 6.86. The van der Waals surface area contributed by atoms with E-state index >= 15 is 0 Å². The highest BCUT2D eigenvalue weighted by Crippen LogP contribution is 2.26. The minimum absolute atomic E-state index is 0.0120. The van der Waals surface area contributed by atoms with Crippen LogP contribution >= 0.6 is 0 Å². The lowest BCUT2D eigenvalue weighted by Crippen LogP contribution is -2.20. The molecule has 1 fully saturated rings. The summed E-state index contributed by atoms with van der Waals surface area (Å²) in [6, 6.07) is 6.13. The van der Waals surface area contributed by atoms with E-state index in [1.54, 1.807) is 24.3 Å². The summed E-state index contributed by atoms with van der Waals surface area (Å²) in [4.78, 5) is 4.48. The predicted octanol–water partition coefficient (Wildman–Crippen LogP) is 5.10. The topological polar surface area (TPSA) is 100 Å². The van der Waals surface area contributed by atoms with Crippen LogP contribution in [-0.4, -0.2) is 29.3 Å². The van der Waals surface area contributed by atoms with Gasteiger partial charge in [-0.1, -0.05) is 32.9 Å². The fourth-order valence-corrected chi connectivity index (χ4v) is 3.77. The summed E-state index contributed by atoms with van der Waals surface area (Å²) in [5.41, 5.74) is 1.09. The van der Waals surface area contributed by atoms with Gasteiger partial charge in [0.2, 0.25) is 10.0 Å². The molecule has 1 heterocycles. The lowest BCUT2D eigenvalue weighted by Gasteiger charge is -2.20. The van der Waals surface area contributed by atoms with Gasteiger partial charge in [0.15, 0.2) is 5.82 Å². The van der Waals surface area contributed by atoms with Gasteiger partial charge in [0.25, 0.3) is 0 Å². The fourth-order valence-electron chi connectivity index (χ4n) is 3.26. The molecule has 0 unspecified atom stereocenters. The second kappa shape index (κ2) is 11.7. The van der Waals surface area contributed by atoms with Crippen molar-refractivity contribution in [3.05, 3.63) is 60.7 Å². The van der Waals surface area contributed by atoms with Gasteiger partial charge in [-0.3, -0.25) is 0 Å². The number of aromatic nitrogens is 3. The molecule has 2 N–H and O–H groups in total. The molecule has 32 heavy (non-hydrogen) atoms. The van der Waals surface area contributed by atoms with E-state index in [-0.39, 0.29) is 22.8 Å². The molecule has 2 aromatic rings. The maximum absolute atomic E-state index is 13.3. The van der Waals surface area contributed by atoms with E-state index in [1.165, 1.54) is 36.2 Å². The van der Waals surface area contributed by atoms with E-state index in [9.17, 15) is 12.8 Å². The smallest absolute Gasteiger partial charge is 0.336 e. The molecule has 1 aromatic carbocycles. The van der Waals surface area contributed by atoms with Crippen LogP contribution in [0.4, 0.5) is 4.39 Å². The van der Waals surface area contributed by atoms with Crippen molar-refractivity contribution < 1.29 is 17.5 Å². The van der Waals surface area contributed by atoms with Crippen molar-refractivity contribution in [1.29, 1.82) is 0 Å². The van der Waals surface area contributed by atoms with Crippen molar-refractivity contribution >= 4 is 15.6 Å². The van der Waals surface area contributed by atoms with Crippen LogP contribution in [0, 0.1) is 0 Å². The molecule has 1 aliphatic rings. The fraction of sp³-hybridized carbons (Fsp3) is 0.391. The maximum Gasteiger partial charge on any atom is 0.336 e. The van der Waals surface area contributed by atoms with Gasteiger partial charge >= 0.3 is 6.01 Å². The van der Waals surface area contributed by atoms with Crippen molar-refractivity contribution in [2.75, 3.05) is 0 Å². The number of allylic oxidation sites excluding steroid dienone is 5. The highest BCUT2D eigenvalue weighted by molar-refractivity contribution is 7.89. The van der Waals surface area contributed by atoms with Gasteiger partial charge < -0.3 is 4.74 Å². The van der Waals surface area contributed by atoms with E-state index in [0.29, 0.717) is 17.1 Å². The Hall–Kier alpha value is -2.78. The first-order chi connectivity index (χ1) is 15.3. The highest BCUT2D eigenvalue weighted by Gasteiger charge is 2.20. The van der Waals surface area contributed by atoms with Crippen LogP contribution in [-0.2, 0) is 10.0 Å². The predicted molar refractivity (Wildman–Crippen MR) is 125 cm³/mol. The van der Waals surface area contributed by atoms with Crippen molar-refractivity contribution in [2.45, 2.75) is 63.9 Å². The molecule has 1 aromatic heterocycles. The molecular weight excluding hydrogens is 431 g/mol. The number of rotatable bonds is 7. The van der Waals surface area contributed by atoms with Crippen LogP contribution in [0.25, 0.3) is 11.3 Å². The zero-order valence-corrected chi connectivity index (χ0v) is 19.6. The average Bonchev–Trinajstić information content (AvgIpc) is 3.19. The minimum Gasteiger partial charge on any atom is -0.459 e. The molecule has 7 nitrogen and oxygen atoms in total. The van der Waals surface area contributed by atoms with E-state index in [2.05, 4.69) is 16.7 Å². The third-order valence-electron chi connectivity index (χ3n) is 4.79. The first kappa shape index (κ1) is 25.5. The number of benzene rings is 1. The van der Waals surface area contributed by atoms with Crippen molar-refractivity contribution in [3.63, 3.8) is 0 Å². The van der Waals surface area contributed by atoms with E-state index in [4.69, 9.17) is 9.88 Å². The van der Waals surface area contributed by atoms with Gasteiger partial charge in [0.05, 0.1) is 16.4 Å². The van der Waals surface area contributed by atoms with Gasteiger partial charge in [0, 0.05) is 5.57 Å². The van der Waals surface area contributed by atoms with Crippen molar-refractivity contribution in [2.24, 2.45) is 5.14 Å². The number of primary sulfonamides is 1. The van der Waals surface area contributed by atoms with Crippen LogP contribution in [0.3, 0.4) is 0 Å². The monoisotopic (exact) mass is 462 g/mol. The number of halogens is 1. The number of sulfonamides is 1. The molecule has 0 aliphatic heterocycles. The number of nitrogens with zero attached hydrogens (tertiary/aromatic N) is 3. The summed E-state index contributed by atoms with van der Waals surface area (Å²) < 4.78 is 43.8. The summed E-state index contributed by atoms with van der Waals surface area (Å²) in [7, 11) is -3.81. The second-order valence-corrected chi connectivity index (χ2v) is 8.69. The summed E-state index contributed by atoms with van der Waals surface area (Å²) >= 11 is 0. The first-order valence-electron chi connectivity index (χ1n) is 10.7. The number of hydrogen-bond acceptors (Lipinski definition) is 5. The van der Waals surface area contributed by atoms with Crippen LogP contribution in [0.1, 0.15) is 58.7 Å². The molecule has 3 rings (SSSR count). The number of nitrogens with two attached hydrogens (primary N) is 1. The van der Waals surface area contributed by atoms with Crippen LogP contribution in [0.15, 0.2) is 59.8 Å². The Balaban J connectivity index is 0.00000176. The van der Waals surface area contributed by atoms with E-state index in [1.807, 2.05) is 13.8 Å².